The molecule has 0 N–H and O–H groups in total. The number of piperidine rings is 1. The molecular weight excluding hydrogens is 516 g/mol. The molecule has 0 bridgehead atoms. The number of benzene rings is 3. The molecule has 2 atom stereocenters. The highest BCUT2D eigenvalue weighted by Crippen LogP contribution is 2.38. The smallest absolute Gasteiger partial charge is 0.259 e. The Balaban J connectivity index is 1.35. The molecule has 0 saturated carbocycles. The van der Waals surface area contributed by atoms with Gasteiger partial charge in [0.15, 0.2) is 0 Å². The zero-order valence-corrected chi connectivity index (χ0v) is 21.8. The minimum absolute atomic E-state index is 0.0488. The molecule has 3 aliphatic heterocycles. The first-order chi connectivity index (χ1) is 18.9. The van der Waals surface area contributed by atoms with Crippen LogP contribution >= 0.6 is 0 Å². The van der Waals surface area contributed by atoms with E-state index in [1.54, 1.807) is 54.6 Å². The number of ketones is 1. The fourth-order valence-electron chi connectivity index (χ4n) is 5.41. The first-order valence-electron chi connectivity index (χ1n) is 12.9. The number of hydrogen-bond donors (Lipinski definition) is 0. The molecule has 2 unspecified atom stereocenters. The summed E-state index contributed by atoms with van der Waals surface area (Å²) in [5.74, 6) is -2.61. The zero-order valence-electron chi connectivity index (χ0n) is 21.0. The van der Waals surface area contributed by atoms with Gasteiger partial charge in [-0.25, -0.2) is 13.3 Å². The summed E-state index contributed by atoms with van der Waals surface area (Å²) in [5.41, 5.74) is 1.15. The molecule has 0 aliphatic carbocycles. The number of imide groups is 1. The molecule has 198 valence electrons. The number of rotatable bonds is 6. The second-order valence-electron chi connectivity index (χ2n) is 9.75. The Labute approximate surface area is 226 Å². The molecular formula is C29H26N4O5S. The fourth-order valence-corrected chi connectivity index (χ4v) is 6.93. The van der Waals surface area contributed by atoms with Gasteiger partial charge in [-0.1, -0.05) is 42.8 Å². The van der Waals surface area contributed by atoms with Gasteiger partial charge in [0.05, 0.1) is 16.3 Å². The standard InChI is InChI=1S/C29H26N4O5S/c34-27(20-14-16-23(17-15-20)39(37,38)31-18-8-3-9-19-31)25-24-26(33(30-25)22-12-6-2-7-13-22)29(36)32(28(24)35)21-10-4-1-5-11-21/h1-2,4-7,10-17,24,26H,3,8-9,18-19H2. The lowest BCUT2D eigenvalue weighted by atomic mass is 9.92. The van der Waals surface area contributed by atoms with E-state index < -0.39 is 39.6 Å². The van der Waals surface area contributed by atoms with Crippen LogP contribution in [0.5, 0.6) is 0 Å². The molecule has 10 heteroatoms. The third kappa shape index (κ3) is 4.25. The number of nitrogens with zero attached hydrogens (tertiary/aromatic N) is 4. The molecule has 2 fully saturated rings. The number of amides is 2. The lowest BCUT2D eigenvalue weighted by Gasteiger charge is -2.25. The summed E-state index contributed by atoms with van der Waals surface area (Å²) in [4.78, 5) is 42.2. The summed E-state index contributed by atoms with van der Waals surface area (Å²) in [6.07, 6.45) is 2.65. The van der Waals surface area contributed by atoms with Crippen molar-refractivity contribution >= 4 is 44.7 Å². The van der Waals surface area contributed by atoms with Crippen molar-refractivity contribution in [2.24, 2.45) is 11.0 Å². The third-order valence-corrected chi connectivity index (χ3v) is 9.30. The maximum absolute atomic E-state index is 13.7. The summed E-state index contributed by atoms with van der Waals surface area (Å²) >= 11 is 0. The van der Waals surface area contributed by atoms with Crippen LogP contribution in [0.15, 0.2) is 94.9 Å². The van der Waals surface area contributed by atoms with Crippen molar-refractivity contribution in [3.05, 3.63) is 90.5 Å². The van der Waals surface area contributed by atoms with Crippen LogP contribution in [0.25, 0.3) is 0 Å². The van der Waals surface area contributed by atoms with Crippen molar-refractivity contribution in [3.8, 4) is 0 Å². The van der Waals surface area contributed by atoms with Gasteiger partial charge in [-0.3, -0.25) is 19.4 Å². The minimum Gasteiger partial charge on any atom is -0.287 e. The van der Waals surface area contributed by atoms with E-state index in [0.717, 1.165) is 24.2 Å². The van der Waals surface area contributed by atoms with Gasteiger partial charge in [-0.15, -0.1) is 0 Å². The van der Waals surface area contributed by atoms with Gasteiger partial charge in [0.25, 0.3) is 5.91 Å². The topological polar surface area (TPSA) is 107 Å². The molecule has 0 spiro atoms. The SMILES string of the molecule is O=C(C1=NN(c2ccccc2)C2C(=O)N(c3ccccc3)C(=O)C12)c1ccc(S(=O)(=O)N2CCCCC2)cc1. The normalized spacial score (nSPS) is 21.7. The van der Waals surface area contributed by atoms with E-state index in [-0.39, 0.29) is 16.2 Å². The van der Waals surface area contributed by atoms with E-state index in [2.05, 4.69) is 5.10 Å². The predicted octanol–water partition coefficient (Wildman–Crippen LogP) is 3.48. The van der Waals surface area contributed by atoms with Crippen LogP contribution in [-0.2, 0) is 19.6 Å². The van der Waals surface area contributed by atoms with Gasteiger partial charge >= 0.3 is 0 Å². The highest BCUT2D eigenvalue weighted by atomic mass is 32.2. The minimum atomic E-state index is -3.66. The monoisotopic (exact) mass is 542 g/mol. The molecule has 3 aromatic carbocycles. The fraction of sp³-hybridized carbons (Fsp3) is 0.241. The molecule has 2 saturated heterocycles. The number of fused-ring (bicyclic) bond motifs is 1. The van der Waals surface area contributed by atoms with Gasteiger partial charge in [-0.05, 0) is 61.4 Å². The van der Waals surface area contributed by atoms with Crippen LogP contribution < -0.4 is 9.91 Å². The summed E-state index contributed by atoms with van der Waals surface area (Å²) in [5, 5.41) is 5.94. The molecule has 0 radical (unpaired) electrons. The molecule has 6 rings (SSSR count). The molecule has 39 heavy (non-hydrogen) atoms. The zero-order chi connectivity index (χ0) is 27.1. The van der Waals surface area contributed by atoms with E-state index in [1.165, 1.54) is 33.6 Å². The van der Waals surface area contributed by atoms with Gasteiger partial charge in [0, 0.05) is 18.7 Å². The second kappa shape index (κ2) is 9.87. The number of anilines is 2. The predicted molar refractivity (Wildman–Crippen MR) is 146 cm³/mol. The van der Waals surface area contributed by atoms with Crippen LogP contribution in [0.4, 0.5) is 11.4 Å². The first-order valence-corrected chi connectivity index (χ1v) is 14.3. The summed E-state index contributed by atoms with van der Waals surface area (Å²) in [7, 11) is -3.66. The summed E-state index contributed by atoms with van der Waals surface area (Å²) < 4.78 is 27.6. The van der Waals surface area contributed by atoms with E-state index in [1.807, 2.05) is 6.07 Å². The van der Waals surface area contributed by atoms with Crippen molar-refractivity contribution in [1.82, 2.24) is 4.31 Å². The Morgan fingerprint density at radius 1 is 0.744 bits per heavy atom. The Morgan fingerprint density at radius 3 is 1.95 bits per heavy atom. The third-order valence-electron chi connectivity index (χ3n) is 7.39. The average Bonchev–Trinajstić information content (AvgIpc) is 3.50. The second-order valence-corrected chi connectivity index (χ2v) is 11.7. The highest BCUT2D eigenvalue weighted by Gasteiger charge is 2.58. The maximum atomic E-state index is 13.7. The number of Topliss-reactive ketones (excluding diaryl/α,β-unsaturated/α-hetero) is 1. The quantitative estimate of drug-likeness (QED) is 0.349. The van der Waals surface area contributed by atoms with Crippen LogP contribution in [0.2, 0.25) is 0 Å². The maximum Gasteiger partial charge on any atom is 0.259 e. The molecule has 3 aromatic rings. The lowest BCUT2D eigenvalue weighted by molar-refractivity contribution is -0.121. The largest absolute Gasteiger partial charge is 0.287 e. The first kappa shape index (κ1) is 25.1. The van der Waals surface area contributed by atoms with Gasteiger partial charge < -0.3 is 0 Å². The van der Waals surface area contributed by atoms with E-state index >= 15 is 0 Å². The van der Waals surface area contributed by atoms with E-state index in [0.29, 0.717) is 24.5 Å². The van der Waals surface area contributed by atoms with Gasteiger partial charge in [-0.2, -0.15) is 9.41 Å². The summed E-state index contributed by atoms with van der Waals surface area (Å²) in [6, 6.07) is 22.2. The average molecular weight is 543 g/mol. The van der Waals surface area contributed by atoms with Gasteiger partial charge in [0.2, 0.25) is 21.7 Å². The summed E-state index contributed by atoms with van der Waals surface area (Å²) in [6.45, 7) is 0.957. The number of hydrazone groups is 1. The number of carbonyl (C=O) groups is 3. The van der Waals surface area contributed by atoms with Crippen LogP contribution in [0.3, 0.4) is 0 Å². The van der Waals surface area contributed by atoms with Crippen molar-refractivity contribution in [3.63, 3.8) is 0 Å². The number of sulfonamides is 1. The molecule has 9 nitrogen and oxygen atoms in total. The molecule has 3 aliphatic rings. The molecule has 0 aromatic heterocycles. The Hall–Kier alpha value is -4.15. The van der Waals surface area contributed by atoms with Gasteiger partial charge in [0.1, 0.15) is 17.7 Å². The highest BCUT2D eigenvalue weighted by molar-refractivity contribution is 7.89. The number of para-hydroxylation sites is 2. The number of hydrogen-bond acceptors (Lipinski definition) is 7. The Kier molecular flexibility index (Phi) is 6.36. The van der Waals surface area contributed by atoms with E-state index in [4.69, 9.17) is 0 Å². The van der Waals surface area contributed by atoms with Crippen molar-refractivity contribution in [1.29, 1.82) is 0 Å². The van der Waals surface area contributed by atoms with Crippen molar-refractivity contribution in [2.75, 3.05) is 23.0 Å². The lowest BCUT2D eigenvalue weighted by Crippen LogP contribution is -2.39. The number of carbonyl (C=O) groups excluding carboxylic acids is 3. The van der Waals surface area contributed by atoms with Crippen LogP contribution in [0.1, 0.15) is 29.6 Å². The van der Waals surface area contributed by atoms with Crippen LogP contribution in [-0.4, -0.2) is 55.2 Å². The Bertz CT molecular complexity index is 1570. The van der Waals surface area contributed by atoms with Crippen molar-refractivity contribution < 1.29 is 22.8 Å². The molecule has 2 amide bonds. The van der Waals surface area contributed by atoms with Crippen molar-refractivity contribution in [2.45, 2.75) is 30.2 Å². The molecule has 3 heterocycles. The Morgan fingerprint density at radius 2 is 1.33 bits per heavy atom. The van der Waals surface area contributed by atoms with E-state index in [9.17, 15) is 22.8 Å². The van der Waals surface area contributed by atoms with Crippen LogP contribution in [0, 0.1) is 5.92 Å².